The Morgan fingerprint density at radius 1 is 1.21 bits per heavy atom. The maximum Gasteiger partial charge on any atom is 0.0356 e. The van der Waals surface area contributed by atoms with Crippen molar-refractivity contribution in [3.8, 4) is 10.4 Å². The molecule has 1 heterocycles. The van der Waals surface area contributed by atoms with Crippen LogP contribution in [0.3, 0.4) is 0 Å². The van der Waals surface area contributed by atoms with Crippen molar-refractivity contribution in [1.82, 2.24) is 0 Å². The van der Waals surface area contributed by atoms with E-state index in [9.17, 15) is 0 Å². The van der Waals surface area contributed by atoms with Crippen molar-refractivity contribution in [2.45, 2.75) is 6.92 Å². The highest BCUT2D eigenvalue weighted by Gasteiger charge is 2.04. The summed E-state index contributed by atoms with van der Waals surface area (Å²) in [5.74, 6) is 0. The Morgan fingerprint density at radius 2 is 2.00 bits per heavy atom. The molecule has 0 spiro atoms. The number of nitrogens with two attached hydrogens (primary N) is 1. The van der Waals surface area contributed by atoms with Gasteiger partial charge in [-0.2, -0.15) is 0 Å². The van der Waals surface area contributed by atoms with Crippen molar-refractivity contribution < 1.29 is 0 Å². The van der Waals surface area contributed by atoms with Gasteiger partial charge < -0.3 is 5.73 Å². The molecular formula is C11H10BrNS. The van der Waals surface area contributed by atoms with Gasteiger partial charge >= 0.3 is 0 Å². The number of benzene rings is 1. The molecule has 0 atom stereocenters. The summed E-state index contributed by atoms with van der Waals surface area (Å²) in [6.07, 6.45) is 0. The molecule has 0 bridgehead atoms. The Labute approximate surface area is 95.7 Å². The fourth-order valence-electron chi connectivity index (χ4n) is 1.31. The van der Waals surface area contributed by atoms with Crippen LogP contribution in [0.25, 0.3) is 10.4 Å². The summed E-state index contributed by atoms with van der Waals surface area (Å²) in [6, 6.07) is 10.2. The van der Waals surface area contributed by atoms with Crippen LogP contribution in [0.15, 0.2) is 34.8 Å². The molecule has 0 saturated heterocycles. The van der Waals surface area contributed by atoms with Gasteiger partial charge in [0.25, 0.3) is 0 Å². The van der Waals surface area contributed by atoms with Crippen molar-refractivity contribution >= 4 is 33.0 Å². The summed E-state index contributed by atoms with van der Waals surface area (Å²) in [6.45, 7) is 2.11. The lowest BCUT2D eigenvalue weighted by atomic mass is 10.2. The van der Waals surface area contributed by atoms with Crippen LogP contribution in [0.5, 0.6) is 0 Å². The highest BCUT2D eigenvalue weighted by Crippen LogP contribution is 2.34. The van der Waals surface area contributed by atoms with Crippen LogP contribution in [-0.2, 0) is 0 Å². The van der Waals surface area contributed by atoms with Crippen LogP contribution in [0.1, 0.15) is 4.88 Å². The molecule has 3 heteroatoms. The second kappa shape index (κ2) is 3.75. The number of rotatable bonds is 1. The van der Waals surface area contributed by atoms with E-state index in [1.54, 1.807) is 11.3 Å². The van der Waals surface area contributed by atoms with Crippen LogP contribution in [-0.4, -0.2) is 0 Å². The molecule has 2 aromatic rings. The Morgan fingerprint density at radius 3 is 2.57 bits per heavy atom. The third-order valence-corrected chi connectivity index (χ3v) is 3.69. The molecule has 1 nitrogen and oxygen atoms in total. The van der Waals surface area contributed by atoms with Gasteiger partial charge in [-0.3, -0.25) is 0 Å². The molecule has 2 rings (SSSR count). The van der Waals surface area contributed by atoms with E-state index in [0.717, 1.165) is 10.2 Å². The van der Waals surface area contributed by atoms with Gasteiger partial charge in [0.15, 0.2) is 0 Å². The Hall–Kier alpha value is -0.800. The zero-order valence-corrected chi connectivity index (χ0v) is 10.2. The maximum atomic E-state index is 5.68. The number of anilines is 1. The minimum absolute atomic E-state index is 0.786. The zero-order chi connectivity index (χ0) is 10.1. The van der Waals surface area contributed by atoms with Crippen molar-refractivity contribution in [2.75, 3.05) is 5.73 Å². The predicted octanol–water partition coefficient (Wildman–Crippen LogP) is 4.07. The number of halogens is 1. The third-order valence-electron chi connectivity index (χ3n) is 2.00. The summed E-state index contributed by atoms with van der Waals surface area (Å²) in [5.41, 5.74) is 7.68. The molecule has 0 aliphatic rings. The molecule has 0 aliphatic heterocycles. The first-order valence-corrected chi connectivity index (χ1v) is 5.89. The van der Waals surface area contributed by atoms with E-state index < -0.39 is 0 Å². The lowest BCUT2D eigenvalue weighted by molar-refractivity contribution is 1.62. The quantitative estimate of drug-likeness (QED) is 0.775. The van der Waals surface area contributed by atoms with E-state index in [0.29, 0.717) is 0 Å². The smallest absolute Gasteiger partial charge is 0.0356 e. The van der Waals surface area contributed by atoms with E-state index >= 15 is 0 Å². The zero-order valence-electron chi connectivity index (χ0n) is 7.75. The average Bonchev–Trinajstić information content (AvgIpc) is 2.51. The van der Waals surface area contributed by atoms with Gasteiger partial charge in [-0.1, -0.05) is 22.0 Å². The second-order valence-electron chi connectivity index (χ2n) is 3.15. The van der Waals surface area contributed by atoms with E-state index in [2.05, 4.69) is 35.0 Å². The molecule has 0 unspecified atom stereocenters. The molecule has 14 heavy (non-hydrogen) atoms. The molecule has 0 aliphatic carbocycles. The van der Waals surface area contributed by atoms with Crippen molar-refractivity contribution in [1.29, 1.82) is 0 Å². The second-order valence-corrected chi connectivity index (χ2v) is 5.29. The minimum atomic E-state index is 0.786. The van der Waals surface area contributed by atoms with Gasteiger partial charge in [0.1, 0.15) is 0 Å². The van der Waals surface area contributed by atoms with Gasteiger partial charge in [-0.25, -0.2) is 0 Å². The highest BCUT2D eigenvalue weighted by molar-refractivity contribution is 9.10. The van der Waals surface area contributed by atoms with Crippen LogP contribution in [0.4, 0.5) is 5.69 Å². The topological polar surface area (TPSA) is 26.0 Å². The van der Waals surface area contributed by atoms with E-state index in [-0.39, 0.29) is 0 Å². The monoisotopic (exact) mass is 267 g/mol. The first kappa shape index (κ1) is 9.74. The summed E-state index contributed by atoms with van der Waals surface area (Å²) in [4.78, 5) is 2.60. The van der Waals surface area contributed by atoms with Crippen molar-refractivity contribution in [2.24, 2.45) is 0 Å². The molecular weight excluding hydrogens is 258 g/mol. The van der Waals surface area contributed by atoms with Crippen molar-refractivity contribution in [3.05, 3.63) is 39.7 Å². The summed E-state index contributed by atoms with van der Waals surface area (Å²) >= 11 is 5.31. The lowest BCUT2D eigenvalue weighted by Gasteiger charge is -2.02. The van der Waals surface area contributed by atoms with Crippen LogP contribution < -0.4 is 5.73 Å². The number of thiophene rings is 1. The standard InChI is InChI=1S/C11H10BrNS/c1-7-2-5-11(14-7)9-4-3-8(13)6-10(9)12/h2-6H,13H2,1H3. The van der Waals surface area contributed by atoms with Crippen molar-refractivity contribution in [3.63, 3.8) is 0 Å². The fraction of sp³-hybridized carbons (Fsp3) is 0.0909. The Kier molecular flexibility index (Phi) is 2.61. The number of hydrogen-bond acceptors (Lipinski definition) is 2. The minimum Gasteiger partial charge on any atom is -0.399 e. The molecule has 2 N–H and O–H groups in total. The van der Waals surface area contributed by atoms with Gasteiger partial charge in [-0.05, 0) is 31.2 Å². The molecule has 72 valence electrons. The molecule has 1 aromatic heterocycles. The van der Waals surface area contributed by atoms with Crippen LogP contribution in [0, 0.1) is 6.92 Å². The van der Waals surface area contributed by atoms with E-state index in [1.165, 1.54) is 15.3 Å². The summed E-state index contributed by atoms with van der Waals surface area (Å²) < 4.78 is 1.05. The molecule has 1 aromatic carbocycles. The van der Waals surface area contributed by atoms with Crippen LogP contribution in [0.2, 0.25) is 0 Å². The summed E-state index contributed by atoms with van der Waals surface area (Å²) in [7, 11) is 0. The van der Waals surface area contributed by atoms with Gasteiger partial charge in [0.05, 0.1) is 0 Å². The predicted molar refractivity (Wildman–Crippen MR) is 66.6 cm³/mol. The first-order valence-electron chi connectivity index (χ1n) is 4.28. The van der Waals surface area contributed by atoms with E-state index in [1.807, 2.05) is 18.2 Å². The molecule has 0 radical (unpaired) electrons. The first-order chi connectivity index (χ1) is 6.66. The number of hydrogen-bond donors (Lipinski definition) is 1. The SMILES string of the molecule is Cc1ccc(-c2ccc(N)cc2Br)s1. The maximum absolute atomic E-state index is 5.68. The fourth-order valence-corrected chi connectivity index (χ4v) is 2.96. The third kappa shape index (κ3) is 1.83. The van der Waals surface area contributed by atoms with E-state index in [4.69, 9.17) is 5.73 Å². The summed E-state index contributed by atoms with van der Waals surface area (Å²) in [5, 5.41) is 0. The molecule has 0 fully saturated rings. The largest absolute Gasteiger partial charge is 0.399 e. The lowest BCUT2D eigenvalue weighted by Crippen LogP contribution is -1.84. The van der Waals surface area contributed by atoms with Gasteiger partial charge in [-0.15, -0.1) is 11.3 Å². The van der Waals surface area contributed by atoms with Gasteiger partial charge in [0, 0.05) is 25.5 Å². The Bertz CT molecular complexity index is 462. The Balaban J connectivity index is 2.52. The van der Waals surface area contributed by atoms with Crippen LogP contribution >= 0.6 is 27.3 Å². The highest BCUT2D eigenvalue weighted by atomic mass is 79.9. The number of aryl methyl sites for hydroxylation is 1. The normalized spacial score (nSPS) is 10.4. The number of nitrogen functional groups attached to an aromatic ring is 1. The molecule has 0 amide bonds. The molecule has 0 saturated carbocycles. The van der Waals surface area contributed by atoms with Gasteiger partial charge in [0.2, 0.25) is 0 Å². The average molecular weight is 268 g/mol.